The van der Waals surface area contributed by atoms with E-state index in [0.717, 1.165) is 5.56 Å². The molecule has 1 aromatic rings. The molecule has 0 spiro atoms. The van der Waals surface area contributed by atoms with Crippen molar-refractivity contribution in [2.75, 3.05) is 11.5 Å². The van der Waals surface area contributed by atoms with Gasteiger partial charge in [-0.1, -0.05) is 23.2 Å². The van der Waals surface area contributed by atoms with Gasteiger partial charge in [-0.15, -0.1) is 0 Å². The van der Waals surface area contributed by atoms with Crippen LogP contribution in [0.25, 0.3) is 0 Å². The van der Waals surface area contributed by atoms with E-state index < -0.39 is 15.3 Å². The highest BCUT2D eigenvalue weighted by Crippen LogP contribution is 2.37. The fraction of sp³-hybridized carbons (Fsp3) is 0.417. The minimum atomic E-state index is -3.11. The molecule has 18 heavy (non-hydrogen) atoms. The Morgan fingerprint density at radius 2 is 2.11 bits per heavy atom. The molecular formula is C12H11Cl2NO2S. The summed E-state index contributed by atoms with van der Waals surface area (Å²) in [5, 5.41) is 10.3. The van der Waals surface area contributed by atoms with Crippen LogP contribution in [0.2, 0.25) is 10.0 Å². The van der Waals surface area contributed by atoms with Gasteiger partial charge in [-0.05, 0) is 36.6 Å². The lowest BCUT2D eigenvalue weighted by atomic mass is 9.83. The van der Waals surface area contributed by atoms with Gasteiger partial charge in [0.25, 0.3) is 0 Å². The zero-order valence-electron chi connectivity index (χ0n) is 9.49. The third kappa shape index (κ3) is 2.80. The lowest BCUT2D eigenvalue weighted by Crippen LogP contribution is -2.23. The first-order valence-corrected chi connectivity index (χ1v) is 7.99. The highest BCUT2D eigenvalue weighted by atomic mass is 35.5. The van der Waals surface area contributed by atoms with Gasteiger partial charge in [0.15, 0.2) is 9.84 Å². The first-order chi connectivity index (χ1) is 8.36. The fourth-order valence-electron chi connectivity index (χ4n) is 2.23. The van der Waals surface area contributed by atoms with Crippen molar-refractivity contribution in [3.05, 3.63) is 33.8 Å². The molecule has 0 amide bonds. The van der Waals surface area contributed by atoms with Crippen molar-refractivity contribution in [3.8, 4) is 6.07 Å². The molecule has 0 aromatic heterocycles. The predicted molar refractivity (Wildman–Crippen MR) is 71.5 cm³/mol. The van der Waals surface area contributed by atoms with Crippen molar-refractivity contribution in [2.45, 2.75) is 12.8 Å². The first kappa shape index (κ1) is 13.7. The molecule has 1 aliphatic rings. The molecule has 0 radical (unpaired) electrons. The monoisotopic (exact) mass is 303 g/mol. The molecule has 0 aliphatic carbocycles. The summed E-state index contributed by atoms with van der Waals surface area (Å²) in [5.74, 6) is -0.0297. The SMILES string of the molecule is N#CC1(Cc2cc(Cl)ccc2Cl)CCS(=O)(=O)C1. The number of hydrogen-bond donors (Lipinski definition) is 0. The zero-order valence-corrected chi connectivity index (χ0v) is 11.8. The van der Waals surface area contributed by atoms with Gasteiger partial charge in [0, 0.05) is 10.0 Å². The maximum absolute atomic E-state index is 11.5. The van der Waals surface area contributed by atoms with E-state index in [2.05, 4.69) is 6.07 Å². The van der Waals surface area contributed by atoms with E-state index in [-0.39, 0.29) is 11.5 Å². The molecule has 0 N–H and O–H groups in total. The molecule has 0 saturated carbocycles. The summed E-state index contributed by atoms with van der Waals surface area (Å²) in [7, 11) is -3.11. The number of rotatable bonds is 2. The molecule has 6 heteroatoms. The maximum atomic E-state index is 11.5. The summed E-state index contributed by atoms with van der Waals surface area (Å²) in [6.45, 7) is 0. The van der Waals surface area contributed by atoms with Crippen LogP contribution in [0.3, 0.4) is 0 Å². The van der Waals surface area contributed by atoms with E-state index in [1.54, 1.807) is 18.2 Å². The topological polar surface area (TPSA) is 57.9 Å². The predicted octanol–water partition coefficient (Wildman–Crippen LogP) is 2.86. The van der Waals surface area contributed by atoms with Crippen LogP contribution >= 0.6 is 23.2 Å². The quantitative estimate of drug-likeness (QED) is 0.844. The lowest BCUT2D eigenvalue weighted by Gasteiger charge is -2.19. The van der Waals surface area contributed by atoms with Crippen molar-refractivity contribution < 1.29 is 8.42 Å². The molecule has 1 aromatic carbocycles. The summed E-state index contributed by atoms with van der Waals surface area (Å²) in [5.41, 5.74) is -0.143. The van der Waals surface area contributed by atoms with Crippen LogP contribution in [0, 0.1) is 16.7 Å². The molecular weight excluding hydrogens is 293 g/mol. The molecule has 1 aliphatic heterocycles. The average Bonchev–Trinajstić information content (AvgIpc) is 2.60. The molecule has 0 bridgehead atoms. The number of nitriles is 1. The standard InChI is InChI=1S/C12H11Cl2NO2S/c13-10-1-2-11(14)9(5-10)6-12(7-15)3-4-18(16,17)8-12/h1-2,5H,3-4,6,8H2. The molecule has 3 nitrogen and oxygen atoms in total. The van der Waals surface area contributed by atoms with E-state index in [9.17, 15) is 13.7 Å². The normalized spacial score (nSPS) is 25.8. The maximum Gasteiger partial charge on any atom is 0.151 e. The van der Waals surface area contributed by atoms with Gasteiger partial charge >= 0.3 is 0 Å². The summed E-state index contributed by atoms with van der Waals surface area (Å²) in [4.78, 5) is 0. The average molecular weight is 304 g/mol. The van der Waals surface area contributed by atoms with Gasteiger partial charge in [-0.25, -0.2) is 8.42 Å². The van der Waals surface area contributed by atoms with Crippen LogP contribution in [-0.4, -0.2) is 19.9 Å². The Hall–Kier alpha value is -0.760. The number of benzene rings is 1. The van der Waals surface area contributed by atoms with Crippen molar-refractivity contribution in [1.82, 2.24) is 0 Å². The van der Waals surface area contributed by atoms with E-state index in [1.807, 2.05) is 0 Å². The highest BCUT2D eigenvalue weighted by molar-refractivity contribution is 7.91. The van der Waals surface area contributed by atoms with Crippen LogP contribution < -0.4 is 0 Å². The molecule has 1 atom stereocenters. The first-order valence-electron chi connectivity index (χ1n) is 5.41. The van der Waals surface area contributed by atoms with Crippen molar-refractivity contribution >= 4 is 33.0 Å². The summed E-state index contributed by atoms with van der Waals surface area (Å²) in [6.07, 6.45) is 0.677. The van der Waals surface area contributed by atoms with Gasteiger partial charge in [0.1, 0.15) is 0 Å². The van der Waals surface area contributed by atoms with Crippen LogP contribution in [0.5, 0.6) is 0 Å². The lowest BCUT2D eigenvalue weighted by molar-refractivity contribution is 0.451. The van der Waals surface area contributed by atoms with Crippen molar-refractivity contribution in [1.29, 1.82) is 5.26 Å². The van der Waals surface area contributed by atoms with Crippen LogP contribution in [0.1, 0.15) is 12.0 Å². The third-order valence-electron chi connectivity index (χ3n) is 3.16. The zero-order chi connectivity index (χ0) is 13.4. The number of nitrogens with zero attached hydrogens (tertiary/aromatic N) is 1. The van der Waals surface area contributed by atoms with Crippen LogP contribution in [0.15, 0.2) is 18.2 Å². The Morgan fingerprint density at radius 1 is 1.39 bits per heavy atom. The van der Waals surface area contributed by atoms with E-state index in [0.29, 0.717) is 22.9 Å². The van der Waals surface area contributed by atoms with Gasteiger partial charge in [0.05, 0.1) is 23.0 Å². The van der Waals surface area contributed by atoms with E-state index in [4.69, 9.17) is 23.2 Å². The van der Waals surface area contributed by atoms with Crippen LogP contribution in [0.4, 0.5) is 0 Å². The van der Waals surface area contributed by atoms with Crippen molar-refractivity contribution in [3.63, 3.8) is 0 Å². The second-order valence-electron chi connectivity index (χ2n) is 4.65. The fourth-order valence-corrected chi connectivity index (χ4v) is 4.60. The second-order valence-corrected chi connectivity index (χ2v) is 7.67. The molecule has 1 saturated heterocycles. The Kier molecular flexibility index (Phi) is 3.59. The Balaban J connectivity index is 2.33. The Morgan fingerprint density at radius 3 is 2.67 bits per heavy atom. The smallest absolute Gasteiger partial charge is 0.151 e. The summed E-state index contributed by atoms with van der Waals surface area (Å²) < 4.78 is 23.1. The minimum Gasteiger partial charge on any atom is -0.229 e. The molecule has 1 heterocycles. The molecule has 1 unspecified atom stereocenters. The second kappa shape index (κ2) is 4.73. The van der Waals surface area contributed by atoms with Gasteiger partial charge in [-0.3, -0.25) is 0 Å². The molecule has 96 valence electrons. The van der Waals surface area contributed by atoms with Gasteiger partial charge in [-0.2, -0.15) is 5.26 Å². The number of sulfone groups is 1. The summed E-state index contributed by atoms with van der Waals surface area (Å²) in [6, 6.07) is 7.16. The van der Waals surface area contributed by atoms with Gasteiger partial charge in [0.2, 0.25) is 0 Å². The van der Waals surface area contributed by atoms with E-state index >= 15 is 0 Å². The van der Waals surface area contributed by atoms with Crippen molar-refractivity contribution in [2.24, 2.45) is 5.41 Å². The van der Waals surface area contributed by atoms with Crippen LogP contribution in [-0.2, 0) is 16.3 Å². The molecule has 2 rings (SSSR count). The Bertz CT molecular complexity index is 621. The number of hydrogen-bond acceptors (Lipinski definition) is 3. The summed E-state index contributed by atoms with van der Waals surface area (Å²) >= 11 is 11.9. The Labute approximate surface area is 116 Å². The minimum absolute atomic E-state index is 0.0682. The largest absolute Gasteiger partial charge is 0.229 e. The molecule has 1 fully saturated rings. The van der Waals surface area contributed by atoms with Gasteiger partial charge < -0.3 is 0 Å². The highest BCUT2D eigenvalue weighted by Gasteiger charge is 2.42. The third-order valence-corrected chi connectivity index (χ3v) is 5.58. The number of halogens is 2. The van der Waals surface area contributed by atoms with E-state index in [1.165, 1.54) is 0 Å².